The molecule has 5 heterocycles. The smallest absolute Gasteiger partial charge is 0.229 e. The average molecular weight is 505 g/mol. The van der Waals surface area contributed by atoms with Gasteiger partial charge in [0.05, 0.1) is 42.0 Å². The van der Waals surface area contributed by atoms with Gasteiger partial charge in [-0.2, -0.15) is 0 Å². The molecular formula is C26H26F2N8O. The van der Waals surface area contributed by atoms with Crippen molar-refractivity contribution in [3.05, 3.63) is 66.5 Å². The Morgan fingerprint density at radius 1 is 1.03 bits per heavy atom. The lowest BCUT2D eigenvalue weighted by Crippen LogP contribution is -2.42. The van der Waals surface area contributed by atoms with Crippen molar-refractivity contribution in [2.24, 2.45) is 0 Å². The first-order chi connectivity index (χ1) is 18.0. The highest BCUT2D eigenvalue weighted by Crippen LogP contribution is 2.36. The van der Waals surface area contributed by atoms with Crippen molar-refractivity contribution in [1.82, 2.24) is 29.4 Å². The first kappa shape index (κ1) is 23.3. The highest BCUT2D eigenvalue weighted by Gasteiger charge is 2.24. The lowest BCUT2D eigenvalue weighted by Gasteiger charge is -2.36. The molecule has 0 spiro atoms. The number of anilines is 3. The molecule has 0 amide bonds. The van der Waals surface area contributed by atoms with Crippen molar-refractivity contribution < 1.29 is 13.5 Å². The van der Waals surface area contributed by atoms with E-state index in [0.717, 1.165) is 43.5 Å². The molecule has 11 heteroatoms. The molecule has 0 bridgehead atoms. The number of ether oxygens (including phenoxy) is 1. The van der Waals surface area contributed by atoms with Crippen LogP contribution < -0.4 is 15.0 Å². The number of piperidine rings is 1. The molecule has 0 unspecified atom stereocenters. The zero-order valence-corrected chi connectivity index (χ0v) is 20.5. The molecule has 37 heavy (non-hydrogen) atoms. The van der Waals surface area contributed by atoms with Crippen LogP contribution in [-0.2, 0) is 6.61 Å². The molecule has 0 saturated carbocycles. The van der Waals surface area contributed by atoms with E-state index < -0.39 is 11.6 Å². The number of aromatic nitrogens is 5. The monoisotopic (exact) mass is 504 g/mol. The van der Waals surface area contributed by atoms with Gasteiger partial charge in [0.15, 0.2) is 17.4 Å². The second-order valence-electron chi connectivity index (χ2n) is 9.45. The lowest BCUT2D eigenvalue weighted by molar-refractivity contribution is 0.249. The Labute approximate surface area is 212 Å². The third-order valence-electron chi connectivity index (χ3n) is 6.93. The Morgan fingerprint density at radius 3 is 2.62 bits per heavy atom. The fraction of sp³-hybridized carbons (Fsp3) is 0.308. The molecule has 0 radical (unpaired) electrons. The highest BCUT2D eigenvalue weighted by molar-refractivity contribution is 5.68. The first-order valence-electron chi connectivity index (χ1n) is 12.1. The van der Waals surface area contributed by atoms with Gasteiger partial charge in [0.1, 0.15) is 18.1 Å². The Bertz CT molecular complexity index is 1430. The number of rotatable bonds is 5. The summed E-state index contributed by atoms with van der Waals surface area (Å²) in [4.78, 5) is 21.6. The normalized spacial score (nSPS) is 15.3. The summed E-state index contributed by atoms with van der Waals surface area (Å²) in [7, 11) is 4.24. The number of pyridine rings is 1. The van der Waals surface area contributed by atoms with Crippen LogP contribution in [0.4, 0.5) is 26.2 Å². The van der Waals surface area contributed by atoms with Crippen molar-refractivity contribution >= 4 is 17.5 Å². The molecule has 6 rings (SSSR count). The number of benzene rings is 1. The second-order valence-corrected chi connectivity index (χ2v) is 9.45. The maximum Gasteiger partial charge on any atom is 0.229 e. The summed E-state index contributed by atoms with van der Waals surface area (Å²) in [6.45, 7) is 2.16. The largest absolute Gasteiger partial charge is 0.482 e. The van der Waals surface area contributed by atoms with Crippen LogP contribution in [0.3, 0.4) is 0 Å². The van der Waals surface area contributed by atoms with E-state index in [1.165, 1.54) is 6.07 Å². The Kier molecular flexibility index (Phi) is 5.91. The molecule has 0 aliphatic carbocycles. The first-order valence-corrected chi connectivity index (χ1v) is 12.1. The van der Waals surface area contributed by atoms with Gasteiger partial charge in [-0.1, -0.05) is 0 Å². The van der Waals surface area contributed by atoms with Crippen LogP contribution in [0.1, 0.15) is 18.5 Å². The van der Waals surface area contributed by atoms with Gasteiger partial charge >= 0.3 is 0 Å². The van der Waals surface area contributed by atoms with E-state index in [9.17, 15) is 8.78 Å². The molecule has 2 aliphatic rings. The molecule has 3 aromatic heterocycles. The molecule has 190 valence electrons. The third-order valence-corrected chi connectivity index (χ3v) is 6.93. The van der Waals surface area contributed by atoms with Crippen molar-refractivity contribution in [3.8, 4) is 22.7 Å². The molecule has 1 aromatic carbocycles. The summed E-state index contributed by atoms with van der Waals surface area (Å²) in [5.41, 5.74) is 2.48. The minimum absolute atomic E-state index is 0.0353. The second kappa shape index (κ2) is 9.40. The molecule has 1 saturated heterocycles. The van der Waals surface area contributed by atoms with Crippen LogP contribution in [-0.4, -0.2) is 62.6 Å². The third kappa shape index (κ3) is 4.46. The predicted octanol–water partition coefficient (Wildman–Crippen LogP) is 4.17. The van der Waals surface area contributed by atoms with E-state index in [0.29, 0.717) is 17.5 Å². The number of hydrogen-bond acceptors (Lipinski definition) is 8. The summed E-state index contributed by atoms with van der Waals surface area (Å²) < 4.78 is 36.9. The van der Waals surface area contributed by atoms with Crippen molar-refractivity contribution in [3.63, 3.8) is 0 Å². The number of hydrogen-bond donors (Lipinski definition) is 1. The molecular weight excluding hydrogens is 478 g/mol. The highest BCUT2D eigenvalue weighted by atomic mass is 19.1. The van der Waals surface area contributed by atoms with Crippen LogP contribution in [0.5, 0.6) is 5.75 Å². The Morgan fingerprint density at radius 2 is 1.86 bits per heavy atom. The van der Waals surface area contributed by atoms with Gasteiger partial charge < -0.3 is 19.9 Å². The van der Waals surface area contributed by atoms with Crippen molar-refractivity contribution in [2.45, 2.75) is 25.5 Å². The number of nitrogens with zero attached hydrogens (tertiary/aromatic N) is 7. The topological polar surface area (TPSA) is 84.2 Å². The van der Waals surface area contributed by atoms with Crippen LogP contribution >= 0.6 is 0 Å². The van der Waals surface area contributed by atoms with Crippen LogP contribution in [0.25, 0.3) is 16.9 Å². The van der Waals surface area contributed by atoms with Crippen LogP contribution in [0, 0.1) is 11.6 Å². The van der Waals surface area contributed by atoms with Gasteiger partial charge in [-0.15, -0.1) is 0 Å². The zero-order chi connectivity index (χ0) is 25.5. The number of fused-ring (bicyclic) bond motifs is 3. The van der Waals surface area contributed by atoms with Crippen molar-refractivity contribution in [2.75, 3.05) is 37.4 Å². The van der Waals surface area contributed by atoms with E-state index in [2.05, 4.69) is 49.1 Å². The predicted molar refractivity (Wildman–Crippen MR) is 135 cm³/mol. The van der Waals surface area contributed by atoms with E-state index in [1.807, 2.05) is 18.3 Å². The molecule has 1 fully saturated rings. The van der Waals surface area contributed by atoms with Crippen LogP contribution in [0.2, 0.25) is 0 Å². The fourth-order valence-electron chi connectivity index (χ4n) is 4.86. The number of halogens is 2. The summed E-state index contributed by atoms with van der Waals surface area (Å²) in [5, 5.41) is 3.02. The zero-order valence-electron chi connectivity index (χ0n) is 20.5. The van der Waals surface area contributed by atoms with Gasteiger partial charge in [-0.05, 0) is 51.2 Å². The summed E-state index contributed by atoms with van der Waals surface area (Å²) in [6.07, 6.45) is 8.30. The minimum atomic E-state index is -0.670. The Balaban J connectivity index is 1.22. The minimum Gasteiger partial charge on any atom is -0.482 e. The standard InChI is InChI=1S/C26H26F2N8O/c1-34(2)17-5-7-35(8-6-17)18-3-4-23(30-12-18)32-26-31-13-21(28)24(33-26)16-9-20(27)25-22(10-16)36-15-29-11-19(36)14-37-25/h3-4,9-13,15,17H,5-8,14H2,1-2H3,(H,30,31,32,33). The number of nitrogens with one attached hydrogen (secondary N) is 1. The van der Waals surface area contributed by atoms with Crippen LogP contribution in [0.15, 0.2) is 49.2 Å². The van der Waals surface area contributed by atoms with Gasteiger partial charge in [0, 0.05) is 24.7 Å². The maximum absolute atomic E-state index is 14.9. The SMILES string of the molecule is CN(C)C1CCN(c2ccc(Nc3ncc(F)c(-c4cc(F)c5c(c4)-n4cncc4CO5)n3)nc2)CC1. The van der Waals surface area contributed by atoms with Crippen molar-refractivity contribution in [1.29, 1.82) is 0 Å². The molecule has 2 aliphatic heterocycles. The van der Waals surface area contributed by atoms with E-state index in [-0.39, 0.29) is 29.6 Å². The maximum atomic E-state index is 14.9. The molecule has 1 N–H and O–H groups in total. The average Bonchev–Trinajstić information content (AvgIpc) is 3.40. The van der Waals surface area contributed by atoms with Gasteiger partial charge in [-0.25, -0.2) is 28.7 Å². The molecule has 4 aromatic rings. The quantitative estimate of drug-likeness (QED) is 0.434. The fourth-order valence-corrected chi connectivity index (χ4v) is 4.86. The lowest BCUT2D eigenvalue weighted by atomic mass is 10.0. The van der Waals surface area contributed by atoms with E-state index >= 15 is 0 Å². The number of imidazole rings is 1. The van der Waals surface area contributed by atoms with E-state index in [1.54, 1.807) is 23.2 Å². The molecule has 9 nitrogen and oxygen atoms in total. The van der Waals surface area contributed by atoms with Gasteiger partial charge in [0.25, 0.3) is 0 Å². The summed E-state index contributed by atoms with van der Waals surface area (Å²) in [6, 6.07) is 7.29. The van der Waals surface area contributed by atoms with Gasteiger partial charge in [-0.3, -0.25) is 4.57 Å². The summed E-state index contributed by atoms with van der Waals surface area (Å²) >= 11 is 0. The van der Waals surface area contributed by atoms with E-state index in [4.69, 9.17) is 4.74 Å². The van der Waals surface area contributed by atoms with Gasteiger partial charge in [0.2, 0.25) is 5.95 Å². The molecule has 0 atom stereocenters. The Hall–Kier alpha value is -4.12. The summed E-state index contributed by atoms with van der Waals surface area (Å²) in [5.74, 6) is -0.501.